The van der Waals surface area contributed by atoms with Crippen LogP contribution in [0, 0.1) is 0 Å². The summed E-state index contributed by atoms with van der Waals surface area (Å²) in [6, 6.07) is 21.8. The van der Waals surface area contributed by atoms with Crippen molar-refractivity contribution in [2.45, 2.75) is 22.9 Å². The molecule has 158 valence electrons. The highest BCUT2D eigenvalue weighted by molar-refractivity contribution is 7.90. The maximum Gasteiger partial charge on any atom is 0.244 e. The minimum Gasteiger partial charge on any atom is -0.495 e. The van der Waals surface area contributed by atoms with Gasteiger partial charge in [0.25, 0.3) is 0 Å². The van der Waals surface area contributed by atoms with E-state index in [1.54, 1.807) is 48.5 Å². The summed E-state index contributed by atoms with van der Waals surface area (Å²) >= 11 is 0. The second kappa shape index (κ2) is 9.40. The van der Waals surface area contributed by atoms with Gasteiger partial charge < -0.3 is 4.74 Å². The van der Waals surface area contributed by atoms with Gasteiger partial charge in [-0.25, -0.2) is 26.3 Å². The molecule has 0 aromatic heterocycles. The van der Waals surface area contributed by atoms with Gasteiger partial charge in [0.15, 0.2) is 0 Å². The zero-order chi connectivity index (χ0) is 21.6. The number of rotatable bonds is 9. The second-order valence-corrected chi connectivity index (χ2v) is 9.94. The highest BCUT2D eigenvalue weighted by Crippen LogP contribution is 2.27. The van der Waals surface area contributed by atoms with E-state index in [9.17, 15) is 16.8 Å². The summed E-state index contributed by atoms with van der Waals surface area (Å²) in [5, 5.41) is 0. The molecule has 7 nitrogen and oxygen atoms in total. The lowest BCUT2D eigenvalue weighted by Gasteiger charge is -2.13. The first kappa shape index (κ1) is 22.0. The molecule has 0 aliphatic rings. The van der Waals surface area contributed by atoms with Crippen molar-refractivity contribution in [3.63, 3.8) is 0 Å². The first-order chi connectivity index (χ1) is 14.3. The predicted molar refractivity (Wildman–Crippen MR) is 114 cm³/mol. The van der Waals surface area contributed by atoms with Crippen LogP contribution in [0.3, 0.4) is 0 Å². The number of hydrogen-bond acceptors (Lipinski definition) is 5. The summed E-state index contributed by atoms with van der Waals surface area (Å²) in [6.07, 6.45) is 0. The molecule has 0 saturated heterocycles. The molecule has 2 N–H and O–H groups in total. The Morgan fingerprint density at radius 2 is 1.20 bits per heavy atom. The molecule has 0 bridgehead atoms. The van der Waals surface area contributed by atoms with Gasteiger partial charge in [-0.15, -0.1) is 0 Å². The van der Waals surface area contributed by atoms with Crippen LogP contribution in [0.15, 0.2) is 88.7 Å². The van der Waals surface area contributed by atoms with Crippen molar-refractivity contribution in [1.29, 1.82) is 0 Å². The zero-order valence-electron chi connectivity index (χ0n) is 16.3. The highest BCUT2D eigenvalue weighted by Gasteiger charge is 2.24. The zero-order valence-corrected chi connectivity index (χ0v) is 17.9. The van der Waals surface area contributed by atoms with Crippen LogP contribution in [0.25, 0.3) is 0 Å². The topological polar surface area (TPSA) is 102 Å². The van der Waals surface area contributed by atoms with Crippen LogP contribution in [0.5, 0.6) is 5.75 Å². The average molecular weight is 447 g/mol. The van der Waals surface area contributed by atoms with E-state index in [-0.39, 0.29) is 28.6 Å². The van der Waals surface area contributed by atoms with E-state index in [1.165, 1.54) is 19.2 Å². The lowest BCUT2D eigenvalue weighted by Crippen LogP contribution is -2.26. The molecule has 3 aromatic rings. The smallest absolute Gasteiger partial charge is 0.244 e. The van der Waals surface area contributed by atoms with E-state index in [1.807, 2.05) is 12.1 Å². The van der Waals surface area contributed by atoms with Gasteiger partial charge >= 0.3 is 0 Å². The lowest BCUT2D eigenvalue weighted by atomic mass is 10.2. The van der Waals surface area contributed by atoms with E-state index in [0.717, 1.165) is 17.2 Å². The van der Waals surface area contributed by atoms with E-state index >= 15 is 0 Å². The molecule has 3 aromatic carbocycles. The van der Waals surface area contributed by atoms with Crippen LogP contribution < -0.4 is 14.2 Å². The molecule has 0 spiro atoms. The van der Waals surface area contributed by atoms with Crippen molar-refractivity contribution in [3.05, 3.63) is 90.0 Å². The average Bonchev–Trinajstić information content (AvgIpc) is 2.77. The first-order valence-electron chi connectivity index (χ1n) is 9.07. The van der Waals surface area contributed by atoms with Crippen molar-refractivity contribution in [2.75, 3.05) is 7.11 Å². The maximum absolute atomic E-state index is 12.8. The molecule has 0 atom stereocenters. The molecule has 0 radical (unpaired) electrons. The Morgan fingerprint density at radius 1 is 0.700 bits per heavy atom. The van der Waals surface area contributed by atoms with Gasteiger partial charge in [-0.3, -0.25) is 0 Å². The van der Waals surface area contributed by atoms with Crippen LogP contribution in [-0.2, 0) is 33.1 Å². The third-order valence-electron chi connectivity index (χ3n) is 4.35. The van der Waals surface area contributed by atoms with E-state index in [0.29, 0.717) is 0 Å². The van der Waals surface area contributed by atoms with Crippen molar-refractivity contribution < 1.29 is 21.6 Å². The Bertz CT molecular complexity index is 1200. The fourth-order valence-corrected chi connectivity index (χ4v) is 5.07. The van der Waals surface area contributed by atoms with Crippen LogP contribution in [-0.4, -0.2) is 23.9 Å². The summed E-state index contributed by atoms with van der Waals surface area (Å²) in [7, 11) is -6.62. The molecule has 0 heterocycles. The summed E-state index contributed by atoms with van der Waals surface area (Å²) in [4.78, 5) is -0.414. The first-order valence-corrected chi connectivity index (χ1v) is 12.0. The van der Waals surface area contributed by atoms with Gasteiger partial charge in [0.05, 0.1) is 12.0 Å². The molecular formula is C21H22N2O5S2. The van der Waals surface area contributed by atoms with Crippen molar-refractivity contribution in [2.24, 2.45) is 0 Å². The Balaban J connectivity index is 1.85. The van der Waals surface area contributed by atoms with Gasteiger partial charge in [0.2, 0.25) is 20.0 Å². The third kappa shape index (κ3) is 5.45. The minimum atomic E-state index is -4.02. The molecular weight excluding hydrogens is 424 g/mol. The van der Waals surface area contributed by atoms with Crippen LogP contribution in [0.2, 0.25) is 0 Å². The number of nitrogens with one attached hydrogen (secondary N) is 2. The van der Waals surface area contributed by atoms with E-state index in [2.05, 4.69) is 9.44 Å². The molecule has 0 aliphatic carbocycles. The maximum atomic E-state index is 12.8. The van der Waals surface area contributed by atoms with Crippen molar-refractivity contribution >= 4 is 20.0 Å². The summed E-state index contributed by atoms with van der Waals surface area (Å²) in [6.45, 7) is 0.152. The van der Waals surface area contributed by atoms with Crippen molar-refractivity contribution in [3.8, 4) is 5.75 Å². The minimum absolute atomic E-state index is 0.0533. The van der Waals surface area contributed by atoms with Gasteiger partial charge in [-0.05, 0) is 29.3 Å². The quantitative estimate of drug-likeness (QED) is 0.526. The molecule has 0 fully saturated rings. The monoisotopic (exact) mass is 446 g/mol. The SMILES string of the molecule is COc1ccc(S(=O)(=O)NCc2ccccc2)cc1S(=O)(=O)NCc1ccccc1. The molecule has 9 heteroatoms. The van der Waals surface area contributed by atoms with Crippen LogP contribution >= 0.6 is 0 Å². The van der Waals surface area contributed by atoms with Gasteiger partial charge in [0.1, 0.15) is 10.6 Å². The van der Waals surface area contributed by atoms with Gasteiger partial charge in [-0.1, -0.05) is 60.7 Å². The molecule has 3 rings (SSSR count). The number of sulfonamides is 2. The Morgan fingerprint density at radius 3 is 1.70 bits per heavy atom. The second-order valence-electron chi connectivity index (χ2n) is 6.43. The molecule has 0 amide bonds. The molecule has 0 unspecified atom stereocenters. The predicted octanol–water partition coefficient (Wildman–Crippen LogP) is 2.65. The Labute approximate surface area is 176 Å². The number of hydrogen-bond donors (Lipinski definition) is 2. The fraction of sp³-hybridized carbons (Fsp3) is 0.143. The summed E-state index contributed by atoms with van der Waals surface area (Å²) in [5.41, 5.74) is 1.56. The lowest BCUT2D eigenvalue weighted by molar-refractivity contribution is 0.401. The fourth-order valence-electron chi connectivity index (χ4n) is 2.74. The number of ether oxygens (including phenoxy) is 1. The number of benzene rings is 3. The Hall–Kier alpha value is -2.72. The number of methoxy groups -OCH3 is 1. The van der Waals surface area contributed by atoms with E-state index in [4.69, 9.17) is 4.74 Å². The third-order valence-corrected chi connectivity index (χ3v) is 7.17. The van der Waals surface area contributed by atoms with Gasteiger partial charge in [-0.2, -0.15) is 0 Å². The van der Waals surface area contributed by atoms with Crippen LogP contribution in [0.4, 0.5) is 0 Å². The summed E-state index contributed by atoms with van der Waals surface area (Å²) in [5.74, 6) is 0.0533. The molecule has 30 heavy (non-hydrogen) atoms. The van der Waals surface area contributed by atoms with Crippen molar-refractivity contribution in [1.82, 2.24) is 9.44 Å². The molecule has 0 aliphatic heterocycles. The standard InChI is InChI=1S/C21H22N2O5S2/c1-28-20-13-12-19(29(24,25)22-15-17-8-4-2-5-9-17)14-21(20)30(26,27)23-16-18-10-6-3-7-11-18/h2-14,22-23H,15-16H2,1H3. The highest BCUT2D eigenvalue weighted by atomic mass is 32.2. The summed E-state index contributed by atoms with van der Waals surface area (Å²) < 4.78 is 61.2. The normalized spacial score (nSPS) is 11.9. The van der Waals surface area contributed by atoms with Gasteiger partial charge in [0, 0.05) is 13.1 Å². The molecule has 0 saturated carbocycles. The van der Waals surface area contributed by atoms with E-state index < -0.39 is 20.0 Å². The Kier molecular flexibility index (Phi) is 6.88. The van der Waals surface area contributed by atoms with Crippen LogP contribution in [0.1, 0.15) is 11.1 Å². The largest absolute Gasteiger partial charge is 0.495 e.